The molecule has 2 aromatic heterocycles. The normalized spacial score (nSPS) is 14.6. The molecule has 162 valence electrons. The number of amides is 2. The molecule has 0 spiro atoms. The fourth-order valence-corrected chi connectivity index (χ4v) is 3.59. The molecule has 3 heterocycles. The van der Waals surface area contributed by atoms with Gasteiger partial charge in [0.2, 0.25) is 5.91 Å². The molecular formula is C22H24ClN5O3. The summed E-state index contributed by atoms with van der Waals surface area (Å²) >= 11 is 6.02. The topological polar surface area (TPSA) is 74.8 Å². The van der Waals surface area contributed by atoms with E-state index in [0.717, 1.165) is 5.69 Å². The fourth-order valence-electron chi connectivity index (χ4n) is 3.47. The lowest BCUT2D eigenvalue weighted by Gasteiger charge is -2.34. The van der Waals surface area contributed by atoms with E-state index in [1.165, 1.54) is 0 Å². The predicted octanol–water partition coefficient (Wildman–Crippen LogP) is 2.63. The van der Waals surface area contributed by atoms with E-state index in [4.69, 9.17) is 16.0 Å². The molecule has 2 amide bonds. The molecule has 1 aromatic carbocycles. The lowest BCUT2D eigenvalue weighted by molar-refractivity contribution is -0.130. The predicted molar refractivity (Wildman–Crippen MR) is 117 cm³/mol. The Bertz CT molecular complexity index is 1050. The monoisotopic (exact) mass is 441 g/mol. The molecule has 31 heavy (non-hydrogen) atoms. The van der Waals surface area contributed by atoms with Gasteiger partial charge in [0.1, 0.15) is 5.69 Å². The van der Waals surface area contributed by atoms with Crippen molar-refractivity contribution >= 4 is 23.4 Å². The highest BCUT2D eigenvalue weighted by molar-refractivity contribution is 6.30. The molecule has 1 saturated heterocycles. The van der Waals surface area contributed by atoms with Crippen LogP contribution >= 0.6 is 11.6 Å². The highest BCUT2D eigenvalue weighted by atomic mass is 35.5. The molecule has 1 fully saturated rings. The Morgan fingerprint density at radius 3 is 2.42 bits per heavy atom. The highest BCUT2D eigenvalue weighted by Gasteiger charge is 2.26. The smallest absolute Gasteiger partial charge is 0.274 e. The van der Waals surface area contributed by atoms with Crippen molar-refractivity contribution in [1.29, 1.82) is 0 Å². The van der Waals surface area contributed by atoms with Crippen LogP contribution in [0.1, 0.15) is 10.5 Å². The third-order valence-corrected chi connectivity index (χ3v) is 5.54. The Balaban J connectivity index is 1.53. The second-order valence-electron chi connectivity index (χ2n) is 7.64. The molecule has 3 aromatic rings. The van der Waals surface area contributed by atoms with Crippen LogP contribution in [0.2, 0.25) is 5.02 Å². The van der Waals surface area contributed by atoms with E-state index in [0.29, 0.717) is 54.9 Å². The number of halogens is 1. The molecule has 1 aliphatic heterocycles. The van der Waals surface area contributed by atoms with Gasteiger partial charge in [0.25, 0.3) is 5.91 Å². The second kappa shape index (κ2) is 8.95. The van der Waals surface area contributed by atoms with Crippen LogP contribution in [0.3, 0.4) is 0 Å². The van der Waals surface area contributed by atoms with Gasteiger partial charge in [0.05, 0.1) is 18.5 Å². The number of rotatable bonds is 5. The number of furan rings is 1. The molecule has 0 unspecified atom stereocenters. The van der Waals surface area contributed by atoms with Crippen LogP contribution in [0.5, 0.6) is 0 Å². The standard InChI is InChI=1S/C22H24ClN5O3/c1-25(2)21(29)15-26-9-11-27(12-10-26)22(30)18-14-19(20-4-3-13-31-20)28(24-18)17-7-5-16(23)6-8-17/h3-8,13-14H,9-12,15H2,1-2H3. The Labute approximate surface area is 185 Å². The lowest BCUT2D eigenvalue weighted by atomic mass is 10.2. The van der Waals surface area contributed by atoms with Crippen molar-refractivity contribution in [2.45, 2.75) is 0 Å². The summed E-state index contributed by atoms with van der Waals surface area (Å²) in [6.45, 7) is 2.75. The van der Waals surface area contributed by atoms with Crippen LogP contribution < -0.4 is 0 Å². The van der Waals surface area contributed by atoms with E-state index in [9.17, 15) is 9.59 Å². The number of hydrogen-bond acceptors (Lipinski definition) is 5. The van der Waals surface area contributed by atoms with Crippen molar-refractivity contribution in [1.82, 2.24) is 24.5 Å². The van der Waals surface area contributed by atoms with Gasteiger partial charge in [0.15, 0.2) is 11.5 Å². The second-order valence-corrected chi connectivity index (χ2v) is 8.07. The number of carbonyl (C=O) groups is 2. The van der Waals surface area contributed by atoms with Crippen molar-refractivity contribution in [3.63, 3.8) is 0 Å². The van der Waals surface area contributed by atoms with E-state index in [1.807, 2.05) is 18.2 Å². The molecule has 8 nitrogen and oxygen atoms in total. The number of likely N-dealkylation sites (N-methyl/N-ethyl adjacent to an activating group) is 1. The maximum atomic E-state index is 13.2. The van der Waals surface area contributed by atoms with Crippen LogP contribution in [-0.4, -0.2) is 83.1 Å². The van der Waals surface area contributed by atoms with Crippen LogP contribution in [0.4, 0.5) is 0 Å². The zero-order valence-corrected chi connectivity index (χ0v) is 18.2. The van der Waals surface area contributed by atoms with Crippen molar-refractivity contribution in [3.8, 4) is 17.1 Å². The highest BCUT2D eigenvalue weighted by Crippen LogP contribution is 2.26. The van der Waals surface area contributed by atoms with Gasteiger partial charge >= 0.3 is 0 Å². The Morgan fingerprint density at radius 2 is 1.81 bits per heavy atom. The van der Waals surface area contributed by atoms with E-state index in [2.05, 4.69) is 10.00 Å². The van der Waals surface area contributed by atoms with Gasteiger partial charge < -0.3 is 14.2 Å². The molecule has 0 saturated carbocycles. The number of nitrogens with zero attached hydrogens (tertiary/aromatic N) is 5. The number of hydrogen-bond donors (Lipinski definition) is 0. The van der Waals surface area contributed by atoms with Gasteiger partial charge in [-0.15, -0.1) is 0 Å². The van der Waals surface area contributed by atoms with Crippen LogP contribution in [-0.2, 0) is 4.79 Å². The van der Waals surface area contributed by atoms with E-state index in [-0.39, 0.29) is 11.8 Å². The minimum Gasteiger partial charge on any atom is -0.463 e. The molecule has 0 aliphatic carbocycles. The summed E-state index contributed by atoms with van der Waals surface area (Å²) in [4.78, 5) is 30.5. The summed E-state index contributed by atoms with van der Waals surface area (Å²) < 4.78 is 7.25. The number of piperazine rings is 1. The average Bonchev–Trinajstić information content (AvgIpc) is 3.44. The molecule has 0 N–H and O–H groups in total. The van der Waals surface area contributed by atoms with Crippen molar-refractivity contribution in [2.24, 2.45) is 0 Å². The first kappa shape index (κ1) is 21.1. The Hall–Kier alpha value is -3.10. The van der Waals surface area contributed by atoms with E-state index >= 15 is 0 Å². The summed E-state index contributed by atoms with van der Waals surface area (Å²) in [5, 5.41) is 5.20. The van der Waals surface area contributed by atoms with Gasteiger partial charge in [-0.1, -0.05) is 11.6 Å². The molecule has 4 rings (SSSR count). The summed E-state index contributed by atoms with van der Waals surface area (Å²) in [6, 6.07) is 12.6. The van der Waals surface area contributed by atoms with E-state index in [1.54, 1.807) is 59.1 Å². The largest absolute Gasteiger partial charge is 0.463 e. The van der Waals surface area contributed by atoms with Crippen LogP contribution in [0, 0.1) is 0 Å². The fraction of sp³-hybridized carbons (Fsp3) is 0.318. The van der Waals surface area contributed by atoms with Gasteiger partial charge in [0, 0.05) is 51.4 Å². The number of aromatic nitrogens is 2. The van der Waals surface area contributed by atoms with Crippen molar-refractivity contribution < 1.29 is 14.0 Å². The van der Waals surface area contributed by atoms with Gasteiger partial charge in [-0.25, -0.2) is 4.68 Å². The van der Waals surface area contributed by atoms with Crippen molar-refractivity contribution in [3.05, 3.63) is 59.4 Å². The van der Waals surface area contributed by atoms with E-state index < -0.39 is 0 Å². The van der Waals surface area contributed by atoms with Crippen LogP contribution in [0.25, 0.3) is 17.1 Å². The summed E-state index contributed by atoms with van der Waals surface area (Å²) in [5.74, 6) is 0.539. The number of benzene rings is 1. The minimum atomic E-state index is -0.140. The molecule has 0 atom stereocenters. The first-order valence-corrected chi connectivity index (χ1v) is 10.4. The maximum Gasteiger partial charge on any atom is 0.274 e. The lowest BCUT2D eigenvalue weighted by Crippen LogP contribution is -2.51. The summed E-state index contributed by atoms with van der Waals surface area (Å²) in [6.07, 6.45) is 1.59. The molecule has 9 heteroatoms. The van der Waals surface area contributed by atoms with Gasteiger partial charge in [-0.3, -0.25) is 14.5 Å². The Morgan fingerprint density at radius 1 is 1.10 bits per heavy atom. The molecular weight excluding hydrogens is 418 g/mol. The van der Waals surface area contributed by atoms with Gasteiger partial charge in [-0.05, 0) is 36.4 Å². The summed E-state index contributed by atoms with van der Waals surface area (Å²) in [7, 11) is 3.49. The average molecular weight is 442 g/mol. The third-order valence-electron chi connectivity index (χ3n) is 5.29. The van der Waals surface area contributed by atoms with Crippen molar-refractivity contribution in [2.75, 3.05) is 46.8 Å². The Kier molecular flexibility index (Phi) is 6.11. The third kappa shape index (κ3) is 4.65. The summed E-state index contributed by atoms with van der Waals surface area (Å²) in [5.41, 5.74) is 1.81. The maximum absolute atomic E-state index is 13.2. The molecule has 1 aliphatic rings. The van der Waals surface area contributed by atoms with Crippen LogP contribution in [0.15, 0.2) is 53.1 Å². The minimum absolute atomic E-state index is 0.0598. The zero-order chi connectivity index (χ0) is 22.0. The molecule has 0 radical (unpaired) electrons. The van der Waals surface area contributed by atoms with Gasteiger partial charge in [-0.2, -0.15) is 5.10 Å². The molecule has 0 bridgehead atoms. The first-order valence-electron chi connectivity index (χ1n) is 10.0. The first-order chi connectivity index (χ1) is 14.9. The zero-order valence-electron chi connectivity index (χ0n) is 17.5. The number of carbonyl (C=O) groups excluding carboxylic acids is 2. The quantitative estimate of drug-likeness (QED) is 0.608. The SMILES string of the molecule is CN(C)C(=O)CN1CCN(C(=O)c2cc(-c3ccco3)n(-c3ccc(Cl)cc3)n2)CC1.